The molecule has 1 atom stereocenters. The summed E-state index contributed by atoms with van der Waals surface area (Å²) in [6.45, 7) is 4.06. The van der Waals surface area contributed by atoms with Crippen LogP contribution in [0.3, 0.4) is 0 Å². The van der Waals surface area contributed by atoms with Gasteiger partial charge in [0.2, 0.25) is 0 Å². The second-order valence-corrected chi connectivity index (χ2v) is 8.84. The fourth-order valence-electron chi connectivity index (χ4n) is 2.65. The zero-order valence-electron chi connectivity index (χ0n) is 14.5. The van der Waals surface area contributed by atoms with E-state index < -0.39 is 5.25 Å². The molecule has 0 spiro atoms. The Morgan fingerprint density at radius 1 is 1.38 bits per heavy atom. The third-order valence-corrected chi connectivity index (χ3v) is 6.85. The van der Waals surface area contributed by atoms with Crippen molar-refractivity contribution < 1.29 is 9.53 Å². The van der Waals surface area contributed by atoms with Gasteiger partial charge in [-0.05, 0) is 37.6 Å². The molecule has 1 aliphatic heterocycles. The minimum absolute atomic E-state index is 0.0685. The van der Waals surface area contributed by atoms with E-state index >= 15 is 0 Å². The minimum Gasteiger partial charge on any atom is -0.465 e. The maximum absolute atomic E-state index is 13.1. The SMILES string of the molecule is CCOC(=O)C(CC)Sc1nc2c(c(=O)n1-c1ccc(Br)cc1)SCC2. The number of fused-ring (bicyclic) bond motifs is 1. The quantitative estimate of drug-likeness (QED) is 0.372. The molecule has 1 aliphatic rings. The first kappa shape index (κ1) is 19.5. The van der Waals surface area contributed by atoms with Gasteiger partial charge in [-0.15, -0.1) is 11.8 Å². The van der Waals surface area contributed by atoms with Crippen LogP contribution in [0.2, 0.25) is 0 Å². The zero-order chi connectivity index (χ0) is 18.7. The second kappa shape index (κ2) is 8.63. The summed E-state index contributed by atoms with van der Waals surface area (Å²) < 4.78 is 7.71. The molecule has 0 bridgehead atoms. The van der Waals surface area contributed by atoms with Crippen molar-refractivity contribution in [2.45, 2.75) is 42.0 Å². The Labute approximate surface area is 169 Å². The Morgan fingerprint density at radius 2 is 2.12 bits per heavy atom. The van der Waals surface area contributed by atoms with Gasteiger partial charge in [-0.2, -0.15) is 0 Å². The van der Waals surface area contributed by atoms with Gasteiger partial charge in [0.15, 0.2) is 5.16 Å². The molecular weight excluding hydrogens is 436 g/mol. The Balaban J connectivity index is 2.08. The standard InChI is InChI=1S/C18H19BrN2O3S2/c1-3-14(17(23)24-4-2)26-18-20-13-9-10-25-15(13)16(22)21(18)12-7-5-11(19)6-8-12/h5-8,14H,3-4,9-10H2,1-2H3. The molecule has 1 unspecified atom stereocenters. The number of hydrogen-bond acceptors (Lipinski definition) is 6. The van der Waals surface area contributed by atoms with Gasteiger partial charge in [0.1, 0.15) is 5.25 Å². The molecule has 0 amide bonds. The zero-order valence-corrected chi connectivity index (χ0v) is 17.7. The van der Waals surface area contributed by atoms with Crippen LogP contribution in [-0.4, -0.2) is 33.1 Å². The lowest BCUT2D eigenvalue weighted by Gasteiger charge is -2.17. The Bertz CT molecular complexity index is 868. The Kier molecular flexibility index (Phi) is 6.47. The van der Waals surface area contributed by atoms with Crippen LogP contribution in [0.5, 0.6) is 0 Å². The highest BCUT2D eigenvalue weighted by atomic mass is 79.9. The highest BCUT2D eigenvalue weighted by Crippen LogP contribution is 2.32. The number of nitrogens with zero attached hydrogens (tertiary/aromatic N) is 2. The largest absolute Gasteiger partial charge is 0.465 e. The highest BCUT2D eigenvalue weighted by Gasteiger charge is 2.26. The summed E-state index contributed by atoms with van der Waals surface area (Å²) >= 11 is 6.27. The average molecular weight is 455 g/mol. The summed E-state index contributed by atoms with van der Waals surface area (Å²) in [5.41, 5.74) is 1.50. The number of aryl methyl sites for hydroxylation is 1. The normalized spacial score (nSPS) is 14.1. The lowest BCUT2D eigenvalue weighted by atomic mass is 10.3. The highest BCUT2D eigenvalue weighted by molar-refractivity contribution is 9.10. The van der Waals surface area contributed by atoms with Crippen molar-refractivity contribution in [1.82, 2.24) is 9.55 Å². The van der Waals surface area contributed by atoms with Crippen molar-refractivity contribution in [3.8, 4) is 5.69 Å². The second-order valence-electron chi connectivity index (χ2n) is 5.65. The van der Waals surface area contributed by atoms with Crippen molar-refractivity contribution in [3.63, 3.8) is 0 Å². The van der Waals surface area contributed by atoms with Crippen LogP contribution in [0.25, 0.3) is 5.69 Å². The number of thioether (sulfide) groups is 2. The lowest BCUT2D eigenvalue weighted by molar-refractivity contribution is -0.142. The average Bonchev–Trinajstić information content (AvgIpc) is 3.10. The molecule has 0 saturated carbocycles. The molecule has 3 rings (SSSR count). The van der Waals surface area contributed by atoms with Crippen LogP contribution in [0, 0.1) is 0 Å². The summed E-state index contributed by atoms with van der Waals surface area (Å²) in [6, 6.07) is 7.52. The monoisotopic (exact) mass is 454 g/mol. The van der Waals surface area contributed by atoms with E-state index in [9.17, 15) is 9.59 Å². The number of carbonyl (C=O) groups is 1. The van der Waals surface area contributed by atoms with Gasteiger partial charge < -0.3 is 4.74 Å². The molecule has 1 aromatic carbocycles. The van der Waals surface area contributed by atoms with E-state index in [4.69, 9.17) is 9.72 Å². The Hall–Kier alpha value is -1.25. The number of halogens is 1. The van der Waals surface area contributed by atoms with Gasteiger partial charge >= 0.3 is 5.97 Å². The van der Waals surface area contributed by atoms with E-state index in [1.165, 1.54) is 11.8 Å². The van der Waals surface area contributed by atoms with Crippen LogP contribution < -0.4 is 5.56 Å². The maximum atomic E-state index is 13.1. The molecule has 138 valence electrons. The molecule has 1 aromatic heterocycles. The molecule has 5 nitrogen and oxygen atoms in total. The lowest BCUT2D eigenvalue weighted by Crippen LogP contribution is -2.26. The summed E-state index contributed by atoms with van der Waals surface area (Å²) in [5, 5.41) is 0.147. The number of ether oxygens (including phenoxy) is 1. The van der Waals surface area contributed by atoms with Gasteiger partial charge in [0.25, 0.3) is 5.56 Å². The maximum Gasteiger partial charge on any atom is 0.319 e. The summed E-state index contributed by atoms with van der Waals surface area (Å²) in [4.78, 5) is 30.8. The van der Waals surface area contributed by atoms with Crippen molar-refractivity contribution in [1.29, 1.82) is 0 Å². The number of benzene rings is 1. The molecule has 26 heavy (non-hydrogen) atoms. The summed E-state index contributed by atoms with van der Waals surface area (Å²) in [7, 11) is 0. The van der Waals surface area contributed by atoms with Crippen molar-refractivity contribution in [2.75, 3.05) is 12.4 Å². The first-order chi connectivity index (χ1) is 12.5. The predicted octanol–water partition coefficient (Wildman–Crippen LogP) is 4.08. The van der Waals surface area contributed by atoms with Crippen LogP contribution in [0.1, 0.15) is 26.0 Å². The molecule has 2 aromatic rings. The molecule has 2 heterocycles. The third-order valence-electron chi connectivity index (χ3n) is 3.92. The predicted molar refractivity (Wildman–Crippen MR) is 109 cm³/mol. The van der Waals surface area contributed by atoms with E-state index in [2.05, 4.69) is 15.9 Å². The number of carbonyl (C=O) groups excluding carboxylic acids is 1. The molecule has 0 N–H and O–H groups in total. The number of hydrogen-bond donors (Lipinski definition) is 0. The van der Waals surface area contributed by atoms with Gasteiger partial charge in [-0.3, -0.25) is 14.2 Å². The molecule has 0 saturated heterocycles. The fraction of sp³-hybridized carbons (Fsp3) is 0.389. The van der Waals surface area contributed by atoms with Crippen LogP contribution in [0.4, 0.5) is 0 Å². The van der Waals surface area contributed by atoms with E-state index in [1.54, 1.807) is 23.3 Å². The van der Waals surface area contributed by atoms with Crippen molar-refractivity contribution in [3.05, 3.63) is 44.8 Å². The van der Waals surface area contributed by atoms with E-state index in [0.717, 1.165) is 28.0 Å². The van der Waals surface area contributed by atoms with Crippen LogP contribution in [0.15, 0.2) is 43.6 Å². The molecule has 0 radical (unpaired) electrons. The van der Waals surface area contributed by atoms with Gasteiger partial charge in [-0.25, -0.2) is 4.98 Å². The van der Waals surface area contributed by atoms with Gasteiger partial charge in [0, 0.05) is 16.6 Å². The first-order valence-corrected chi connectivity index (χ1v) is 11.1. The fourth-order valence-corrected chi connectivity index (χ4v) is 4.98. The van der Waals surface area contributed by atoms with Gasteiger partial charge in [-0.1, -0.05) is 34.6 Å². The van der Waals surface area contributed by atoms with E-state index in [1.807, 2.05) is 31.2 Å². The van der Waals surface area contributed by atoms with E-state index in [-0.39, 0.29) is 11.5 Å². The topological polar surface area (TPSA) is 61.2 Å². The summed E-state index contributed by atoms with van der Waals surface area (Å²) in [5.74, 6) is 0.590. The smallest absolute Gasteiger partial charge is 0.319 e. The molecule has 0 aliphatic carbocycles. The molecule has 0 fully saturated rings. The van der Waals surface area contributed by atoms with Crippen LogP contribution >= 0.6 is 39.5 Å². The van der Waals surface area contributed by atoms with Crippen molar-refractivity contribution in [2.24, 2.45) is 0 Å². The molecule has 8 heteroatoms. The Morgan fingerprint density at radius 3 is 2.77 bits per heavy atom. The van der Waals surface area contributed by atoms with Crippen molar-refractivity contribution >= 4 is 45.4 Å². The van der Waals surface area contributed by atoms with Gasteiger partial charge in [0.05, 0.1) is 22.9 Å². The third kappa shape index (κ3) is 4.02. The van der Waals surface area contributed by atoms with Crippen LogP contribution in [-0.2, 0) is 16.0 Å². The first-order valence-electron chi connectivity index (χ1n) is 8.43. The van der Waals surface area contributed by atoms with E-state index in [0.29, 0.717) is 23.1 Å². The number of aromatic nitrogens is 2. The molecular formula is C18H19BrN2O3S2. The number of rotatable bonds is 6. The minimum atomic E-state index is -0.393. The summed E-state index contributed by atoms with van der Waals surface area (Å²) in [6.07, 6.45) is 1.38. The number of esters is 1.